The number of amidine groups is 1. The number of alkyl halides is 3. The number of anilines is 1. The maximum Gasteiger partial charge on any atom is 0.416 e. The van der Waals surface area contributed by atoms with Crippen LogP contribution in [0, 0.1) is 12.3 Å². The SMILES string of the molecule is Cc1ccc(N2CCCC2=N)cc1C(F)(F)F. The van der Waals surface area contributed by atoms with Crippen molar-refractivity contribution in [2.45, 2.75) is 25.9 Å². The van der Waals surface area contributed by atoms with Crippen LogP contribution in [0.2, 0.25) is 0 Å². The number of hydrogen-bond acceptors (Lipinski definition) is 1. The highest BCUT2D eigenvalue weighted by atomic mass is 19.4. The lowest BCUT2D eigenvalue weighted by atomic mass is 10.1. The second-order valence-corrected chi connectivity index (χ2v) is 4.20. The maximum absolute atomic E-state index is 12.7. The first-order chi connectivity index (χ1) is 7.89. The Labute approximate surface area is 97.6 Å². The molecule has 1 N–H and O–H groups in total. The monoisotopic (exact) mass is 242 g/mol. The van der Waals surface area contributed by atoms with Crippen LogP contribution in [0.25, 0.3) is 0 Å². The fourth-order valence-corrected chi connectivity index (χ4v) is 2.04. The summed E-state index contributed by atoms with van der Waals surface area (Å²) >= 11 is 0. The van der Waals surface area contributed by atoms with Gasteiger partial charge in [-0.05, 0) is 31.0 Å². The minimum atomic E-state index is -4.33. The van der Waals surface area contributed by atoms with E-state index in [4.69, 9.17) is 5.41 Å². The number of aryl methyl sites for hydroxylation is 1. The van der Waals surface area contributed by atoms with E-state index in [0.29, 0.717) is 24.5 Å². The van der Waals surface area contributed by atoms with Crippen LogP contribution in [0.15, 0.2) is 18.2 Å². The summed E-state index contributed by atoms with van der Waals surface area (Å²) in [7, 11) is 0. The van der Waals surface area contributed by atoms with Gasteiger partial charge in [-0.1, -0.05) is 6.07 Å². The molecule has 2 nitrogen and oxygen atoms in total. The first kappa shape index (κ1) is 12.0. The van der Waals surface area contributed by atoms with Crippen LogP contribution in [0.4, 0.5) is 18.9 Å². The zero-order valence-corrected chi connectivity index (χ0v) is 9.43. The Morgan fingerprint density at radius 3 is 2.53 bits per heavy atom. The quantitative estimate of drug-likeness (QED) is 0.800. The van der Waals surface area contributed by atoms with Crippen molar-refractivity contribution in [3.05, 3.63) is 29.3 Å². The molecule has 1 aromatic rings. The van der Waals surface area contributed by atoms with E-state index >= 15 is 0 Å². The van der Waals surface area contributed by atoms with Gasteiger partial charge in [0.15, 0.2) is 0 Å². The van der Waals surface area contributed by atoms with Crippen molar-refractivity contribution in [1.29, 1.82) is 5.41 Å². The summed E-state index contributed by atoms with van der Waals surface area (Å²) in [5.74, 6) is 0.391. The van der Waals surface area contributed by atoms with Gasteiger partial charge in [0, 0.05) is 18.7 Å². The normalized spacial score (nSPS) is 16.7. The number of nitrogens with zero attached hydrogens (tertiary/aromatic N) is 1. The summed E-state index contributed by atoms with van der Waals surface area (Å²) in [4.78, 5) is 1.63. The standard InChI is InChI=1S/C12H13F3N2/c1-8-4-5-9(7-10(8)12(13,14)15)17-6-2-3-11(17)16/h4-5,7,16H,2-3,6H2,1H3. The van der Waals surface area contributed by atoms with Gasteiger partial charge in [-0.15, -0.1) is 0 Å². The Morgan fingerprint density at radius 2 is 2.00 bits per heavy atom. The average Bonchev–Trinajstić information content (AvgIpc) is 2.63. The van der Waals surface area contributed by atoms with E-state index in [1.54, 1.807) is 11.0 Å². The molecule has 0 aromatic heterocycles. The molecular formula is C12H13F3N2. The highest BCUT2D eigenvalue weighted by Gasteiger charge is 2.33. The molecule has 0 bridgehead atoms. The van der Waals surface area contributed by atoms with Crippen molar-refractivity contribution in [1.82, 2.24) is 0 Å². The molecule has 2 rings (SSSR count). The Balaban J connectivity index is 2.41. The minimum absolute atomic E-state index is 0.215. The van der Waals surface area contributed by atoms with Gasteiger partial charge < -0.3 is 4.90 Å². The highest BCUT2D eigenvalue weighted by molar-refractivity contribution is 5.97. The molecular weight excluding hydrogens is 229 g/mol. The summed E-state index contributed by atoms with van der Waals surface area (Å²) in [5, 5.41) is 7.67. The third kappa shape index (κ3) is 2.28. The summed E-state index contributed by atoms with van der Waals surface area (Å²) in [6.45, 7) is 2.07. The molecule has 92 valence electrons. The molecule has 0 amide bonds. The van der Waals surface area contributed by atoms with Gasteiger partial charge in [-0.2, -0.15) is 13.2 Å². The Kier molecular flexibility index (Phi) is 2.85. The van der Waals surface area contributed by atoms with Gasteiger partial charge in [0.05, 0.1) is 5.56 Å². The lowest BCUT2D eigenvalue weighted by Crippen LogP contribution is -2.23. The van der Waals surface area contributed by atoms with Crippen molar-refractivity contribution in [3.63, 3.8) is 0 Å². The third-order valence-corrected chi connectivity index (χ3v) is 2.96. The molecule has 17 heavy (non-hydrogen) atoms. The van der Waals surface area contributed by atoms with Crippen molar-refractivity contribution in [2.75, 3.05) is 11.4 Å². The summed E-state index contributed by atoms with van der Waals surface area (Å²) < 4.78 is 38.2. The van der Waals surface area contributed by atoms with Crippen LogP contribution < -0.4 is 4.90 Å². The number of benzene rings is 1. The minimum Gasteiger partial charge on any atom is -0.330 e. The first-order valence-electron chi connectivity index (χ1n) is 5.42. The number of rotatable bonds is 1. The van der Waals surface area contributed by atoms with E-state index in [-0.39, 0.29) is 5.56 Å². The topological polar surface area (TPSA) is 27.1 Å². The van der Waals surface area contributed by atoms with E-state index in [1.807, 2.05) is 0 Å². The molecule has 0 spiro atoms. The summed E-state index contributed by atoms with van der Waals surface area (Å²) in [6.07, 6.45) is -2.87. The average molecular weight is 242 g/mol. The fraction of sp³-hybridized carbons (Fsp3) is 0.417. The Hall–Kier alpha value is -1.52. The van der Waals surface area contributed by atoms with E-state index < -0.39 is 11.7 Å². The Morgan fingerprint density at radius 1 is 1.29 bits per heavy atom. The van der Waals surface area contributed by atoms with Crippen LogP contribution in [0.1, 0.15) is 24.0 Å². The lowest BCUT2D eigenvalue weighted by molar-refractivity contribution is -0.138. The van der Waals surface area contributed by atoms with Crippen molar-refractivity contribution >= 4 is 11.5 Å². The molecule has 1 saturated heterocycles. The smallest absolute Gasteiger partial charge is 0.330 e. The Bertz CT molecular complexity index is 452. The lowest BCUT2D eigenvalue weighted by Gasteiger charge is -2.20. The van der Waals surface area contributed by atoms with Crippen molar-refractivity contribution in [3.8, 4) is 0 Å². The van der Waals surface area contributed by atoms with Crippen LogP contribution in [0.3, 0.4) is 0 Å². The van der Waals surface area contributed by atoms with Gasteiger partial charge in [0.2, 0.25) is 0 Å². The molecule has 0 atom stereocenters. The molecule has 0 aliphatic carbocycles. The van der Waals surface area contributed by atoms with E-state index in [0.717, 1.165) is 12.5 Å². The molecule has 5 heteroatoms. The van der Waals surface area contributed by atoms with Crippen LogP contribution in [-0.2, 0) is 6.18 Å². The van der Waals surface area contributed by atoms with E-state index in [2.05, 4.69) is 0 Å². The van der Waals surface area contributed by atoms with E-state index in [9.17, 15) is 13.2 Å². The second-order valence-electron chi connectivity index (χ2n) is 4.20. The largest absolute Gasteiger partial charge is 0.416 e. The predicted octanol–water partition coefficient (Wildman–Crippen LogP) is 3.59. The van der Waals surface area contributed by atoms with Crippen molar-refractivity contribution < 1.29 is 13.2 Å². The first-order valence-corrected chi connectivity index (χ1v) is 5.42. The highest BCUT2D eigenvalue weighted by Crippen LogP contribution is 2.35. The van der Waals surface area contributed by atoms with Crippen LogP contribution in [0.5, 0.6) is 0 Å². The van der Waals surface area contributed by atoms with Gasteiger partial charge in [0.25, 0.3) is 0 Å². The number of nitrogens with one attached hydrogen (secondary N) is 1. The molecule has 0 unspecified atom stereocenters. The van der Waals surface area contributed by atoms with E-state index in [1.165, 1.54) is 13.0 Å². The molecule has 1 fully saturated rings. The zero-order valence-electron chi connectivity index (χ0n) is 9.43. The van der Waals surface area contributed by atoms with Crippen LogP contribution >= 0.6 is 0 Å². The zero-order chi connectivity index (χ0) is 12.6. The van der Waals surface area contributed by atoms with Gasteiger partial charge in [0.1, 0.15) is 5.84 Å². The summed E-state index contributed by atoms with van der Waals surface area (Å²) in [5.41, 5.74) is 0.0621. The van der Waals surface area contributed by atoms with Gasteiger partial charge in [-0.3, -0.25) is 5.41 Å². The predicted molar refractivity (Wildman–Crippen MR) is 60.5 cm³/mol. The second kappa shape index (κ2) is 4.05. The fourth-order valence-electron chi connectivity index (χ4n) is 2.04. The molecule has 0 saturated carbocycles. The van der Waals surface area contributed by atoms with Gasteiger partial charge in [-0.25, -0.2) is 0 Å². The molecule has 1 heterocycles. The molecule has 0 radical (unpaired) electrons. The number of halogens is 3. The third-order valence-electron chi connectivity index (χ3n) is 2.96. The number of hydrogen-bond donors (Lipinski definition) is 1. The maximum atomic E-state index is 12.7. The molecule has 1 aromatic carbocycles. The summed E-state index contributed by atoms with van der Waals surface area (Å²) in [6, 6.07) is 4.24. The van der Waals surface area contributed by atoms with Gasteiger partial charge >= 0.3 is 6.18 Å². The van der Waals surface area contributed by atoms with Crippen molar-refractivity contribution in [2.24, 2.45) is 0 Å². The van der Waals surface area contributed by atoms with Crippen LogP contribution in [-0.4, -0.2) is 12.4 Å². The molecule has 1 aliphatic rings. The molecule has 1 aliphatic heterocycles.